The number of fused-ring (bicyclic) bond motifs is 16. The molecular weight excluding hydrogens is 745 g/mol. The molecule has 8 aromatic carbocycles. The summed E-state index contributed by atoms with van der Waals surface area (Å²) in [6.45, 7) is 1.17. The van der Waals surface area contributed by atoms with Crippen molar-refractivity contribution < 1.29 is 0 Å². The van der Waals surface area contributed by atoms with Crippen molar-refractivity contribution in [1.29, 1.82) is 0 Å². The van der Waals surface area contributed by atoms with Crippen molar-refractivity contribution in [2.45, 2.75) is 25.9 Å². The van der Waals surface area contributed by atoms with Gasteiger partial charge < -0.3 is 19.1 Å². The molecule has 0 fully saturated rings. The molecule has 0 saturated heterocycles. The molecule has 2 N–H and O–H groups in total. The molecule has 0 atom stereocenters. The monoisotopic (exact) mass is 778 g/mol. The van der Waals surface area contributed by atoms with Crippen LogP contribution in [0.1, 0.15) is 12.8 Å². The normalized spacial score (nSPS) is 12.2. The quantitative estimate of drug-likeness (QED) is 0.103. The smallest absolute Gasteiger partial charge is 0.199 e. The summed E-state index contributed by atoms with van der Waals surface area (Å²) in [6.07, 6.45) is 1.47. The number of unbranched alkanes of at least 4 members (excludes halogenated alkanes) is 1. The number of nitrogens with zero attached hydrogens (tertiary/aromatic N) is 2. The summed E-state index contributed by atoms with van der Waals surface area (Å²) in [4.78, 5) is 64.8. The maximum absolute atomic E-state index is 14.6. The molecule has 286 valence electrons. The van der Waals surface area contributed by atoms with Gasteiger partial charge in [-0.2, -0.15) is 0 Å². The van der Waals surface area contributed by atoms with Crippen LogP contribution >= 0.6 is 0 Å². The van der Waals surface area contributed by atoms with Gasteiger partial charge in [0.2, 0.25) is 0 Å². The van der Waals surface area contributed by atoms with Crippen molar-refractivity contribution in [1.82, 2.24) is 19.1 Å². The van der Waals surface area contributed by atoms with Crippen LogP contribution in [0.4, 0.5) is 0 Å². The zero-order valence-corrected chi connectivity index (χ0v) is 32.2. The minimum atomic E-state index is -0.116. The van der Waals surface area contributed by atoms with Gasteiger partial charge in [0.15, 0.2) is 21.7 Å². The van der Waals surface area contributed by atoms with E-state index in [-0.39, 0.29) is 21.7 Å². The molecule has 0 aliphatic heterocycles. The number of pyridine rings is 4. The van der Waals surface area contributed by atoms with E-state index in [0.29, 0.717) is 78.2 Å². The Bertz CT molecular complexity index is 3850. The Balaban J connectivity index is 1.07. The molecule has 0 spiro atoms. The molecular formula is C52H34N4O4. The first-order valence-corrected chi connectivity index (χ1v) is 20.3. The molecule has 0 aliphatic rings. The molecule has 0 aliphatic carbocycles. The van der Waals surface area contributed by atoms with Gasteiger partial charge in [-0.25, -0.2) is 0 Å². The van der Waals surface area contributed by atoms with Crippen LogP contribution in [0.5, 0.6) is 0 Å². The van der Waals surface area contributed by atoms with Crippen molar-refractivity contribution in [2.75, 3.05) is 0 Å². The lowest BCUT2D eigenvalue weighted by atomic mass is 9.96. The summed E-state index contributed by atoms with van der Waals surface area (Å²) in [6, 6.07) is 46.1. The average molecular weight is 779 g/mol. The highest BCUT2D eigenvalue weighted by Gasteiger charge is 2.23. The summed E-state index contributed by atoms with van der Waals surface area (Å²) in [5.74, 6) is 0. The van der Waals surface area contributed by atoms with Gasteiger partial charge in [0, 0.05) is 56.4 Å². The van der Waals surface area contributed by atoms with Crippen molar-refractivity contribution in [2.24, 2.45) is 0 Å². The number of benzene rings is 8. The molecule has 60 heavy (non-hydrogen) atoms. The van der Waals surface area contributed by atoms with E-state index in [1.165, 1.54) is 0 Å². The largest absolute Gasteiger partial charge is 0.354 e. The molecule has 12 aromatic rings. The standard InChI is InChI=1S/C52H34N4O4/c57-49-33-19-5-9-23-37(33)53-45-41(49)29-15-1-3-17-31(29)47-43(45)51(59)35-21-7-11-25-39(35)55(47)27-13-14-28-56-40-26-12-8-22-36(40)52(60)44-46-42(30-16-2-4-18-32(30)48(44)56)50(58)34-20-6-10-24-38(34)54-46/h1-12,15-26H,13-14,27-28H2,(H,53,57)(H,54,58). The highest BCUT2D eigenvalue weighted by molar-refractivity contribution is 6.27. The Morgan fingerprint density at radius 1 is 0.333 bits per heavy atom. The van der Waals surface area contributed by atoms with E-state index in [1.54, 1.807) is 0 Å². The molecule has 8 heteroatoms. The van der Waals surface area contributed by atoms with E-state index in [2.05, 4.69) is 19.1 Å². The van der Waals surface area contributed by atoms with E-state index in [1.807, 2.05) is 146 Å². The Morgan fingerprint density at radius 3 is 1.07 bits per heavy atom. The number of aromatic amines is 2. The zero-order valence-electron chi connectivity index (χ0n) is 32.2. The number of hydrogen-bond donors (Lipinski definition) is 2. The van der Waals surface area contributed by atoms with E-state index in [9.17, 15) is 19.2 Å². The van der Waals surface area contributed by atoms with E-state index >= 15 is 0 Å². The van der Waals surface area contributed by atoms with Gasteiger partial charge in [0.05, 0.1) is 54.6 Å². The molecule has 0 radical (unpaired) electrons. The maximum Gasteiger partial charge on any atom is 0.199 e. The Kier molecular flexibility index (Phi) is 7.32. The second kappa shape index (κ2) is 12.8. The second-order valence-corrected chi connectivity index (χ2v) is 15.7. The number of aryl methyl sites for hydroxylation is 2. The minimum Gasteiger partial charge on any atom is -0.354 e. The summed E-state index contributed by atoms with van der Waals surface area (Å²) in [5.41, 5.74) is 5.27. The van der Waals surface area contributed by atoms with Gasteiger partial charge in [-0.1, -0.05) is 97.1 Å². The Hall–Kier alpha value is -7.84. The maximum atomic E-state index is 14.6. The lowest BCUT2D eigenvalue weighted by Gasteiger charge is -2.21. The zero-order chi connectivity index (χ0) is 40.2. The molecule has 0 saturated carbocycles. The lowest BCUT2D eigenvalue weighted by Crippen LogP contribution is -2.16. The number of para-hydroxylation sites is 4. The molecule has 0 unspecified atom stereocenters. The summed E-state index contributed by atoms with van der Waals surface area (Å²) < 4.78 is 4.50. The van der Waals surface area contributed by atoms with Crippen LogP contribution in [0.2, 0.25) is 0 Å². The van der Waals surface area contributed by atoms with Crippen LogP contribution in [-0.4, -0.2) is 19.1 Å². The van der Waals surface area contributed by atoms with E-state index < -0.39 is 0 Å². The molecule has 0 bridgehead atoms. The fourth-order valence-electron chi connectivity index (χ4n) is 10.0. The third-order valence-electron chi connectivity index (χ3n) is 12.6. The summed E-state index contributed by atoms with van der Waals surface area (Å²) in [5, 5.41) is 7.67. The fraction of sp³-hybridized carbons (Fsp3) is 0.0769. The van der Waals surface area contributed by atoms with Crippen molar-refractivity contribution in [3.05, 3.63) is 186 Å². The molecule has 4 heterocycles. The fourth-order valence-corrected chi connectivity index (χ4v) is 10.0. The lowest BCUT2D eigenvalue weighted by molar-refractivity contribution is 0.582. The van der Waals surface area contributed by atoms with E-state index in [4.69, 9.17) is 0 Å². The second-order valence-electron chi connectivity index (χ2n) is 15.7. The number of H-pyrrole nitrogens is 2. The minimum absolute atomic E-state index is 0.102. The molecule has 4 aromatic heterocycles. The predicted octanol–water partition coefficient (Wildman–Crippen LogP) is 10.4. The van der Waals surface area contributed by atoms with Gasteiger partial charge in [-0.15, -0.1) is 0 Å². The van der Waals surface area contributed by atoms with Crippen molar-refractivity contribution in [3.63, 3.8) is 0 Å². The highest BCUT2D eigenvalue weighted by Crippen LogP contribution is 2.36. The third kappa shape index (κ3) is 4.67. The highest BCUT2D eigenvalue weighted by atomic mass is 16.1. The van der Waals surface area contributed by atoms with Crippen LogP contribution in [0.15, 0.2) is 165 Å². The van der Waals surface area contributed by atoms with E-state index in [0.717, 1.165) is 56.5 Å². The van der Waals surface area contributed by atoms with Crippen LogP contribution in [0.25, 0.3) is 109 Å². The molecule has 8 nitrogen and oxygen atoms in total. The number of nitrogens with one attached hydrogen (secondary N) is 2. The van der Waals surface area contributed by atoms with Gasteiger partial charge >= 0.3 is 0 Å². The first-order chi connectivity index (χ1) is 29.5. The van der Waals surface area contributed by atoms with Gasteiger partial charge in [0.1, 0.15) is 0 Å². The first kappa shape index (κ1) is 34.2. The van der Waals surface area contributed by atoms with Crippen molar-refractivity contribution in [3.8, 4) is 0 Å². The molecule has 0 amide bonds. The topological polar surface area (TPSA) is 110 Å². The predicted molar refractivity (Wildman–Crippen MR) is 247 cm³/mol. The van der Waals surface area contributed by atoms with Gasteiger partial charge in [0.25, 0.3) is 0 Å². The van der Waals surface area contributed by atoms with Crippen LogP contribution in [-0.2, 0) is 13.1 Å². The first-order valence-electron chi connectivity index (χ1n) is 20.3. The Morgan fingerprint density at radius 2 is 0.650 bits per heavy atom. The number of aromatic nitrogens is 4. The summed E-state index contributed by atoms with van der Waals surface area (Å²) in [7, 11) is 0. The van der Waals surface area contributed by atoms with Crippen LogP contribution in [0, 0.1) is 0 Å². The van der Waals surface area contributed by atoms with Crippen LogP contribution in [0.3, 0.4) is 0 Å². The van der Waals surface area contributed by atoms with Gasteiger partial charge in [-0.3, -0.25) is 19.2 Å². The van der Waals surface area contributed by atoms with Crippen molar-refractivity contribution >= 4 is 109 Å². The number of hydrogen-bond acceptors (Lipinski definition) is 4. The summed E-state index contributed by atoms with van der Waals surface area (Å²) >= 11 is 0. The third-order valence-corrected chi connectivity index (χ3v) is 12.6. The van der Waals surface area contributed by atoms with Crippen LogP contribution < -0.4 is 21.7 Å². The average Bonchev–Trinajstić information content (AvgIpc) is 3.29. The number of rotatable bonds is 5. The Labute approximate surface area is 339 Å². The molecule has 12 rings (SSSR count). The van der Waals surface area contributed by atoms with Gasteiger partial charge in [-0.05, 0) is 72.1 Å². The SMILES string of the molecule is O=c1c2ccccc2[nH]c2c1c1ccccc1c1c2c(=O)c2ccccc2n1CCCCn1c2ccccc2c(=O)c2c3[nH]c4ccccc4c(=O)c3c3ccccc3c21.